The summed E-state index contributed by atoms with van der Waals surface area (Å²) >= 11 is 1.87. The number of rotatable bonds is 8. The van der Waals surface area contributed by atoms with E-state index in [2.05, 4.69) is 29.0 Å². The molecule has 0 saturated carbocycles. The van der Waals surface area contributed by atoms with E-state index >= 15 is 0 Å². The Bertz CT molecular complexity index is 258. The van der Waals surface area contributed by atoms with Crippen LogP contribution in [0.25, 0.3) is 0 Å². The second-order valence-corrected chi connectivity index (χ2v) is 4.71. The maximum Gasteiger partial charge on any atom is 0.0302 e. The van der Waals surface area contributed by atoms with Gasteiger partial charge in [0, 0.05) is 11.4 Å². The summed E-state index contributed by atoms with van der Waals surface area (Å²) in [6.07, 6.45) is 3.67. The minimum atomic E-state index is 1.04. The van der Waals surface area contributed by atoms with E-state index in [9.17, 15) is 0 Å². The lowest BCUT2D eigenvalue weighted by molar-refractivity contribution is 0.607. The molecule has 1 rings (SSSR count). The molecular formula is C12H22N2S. The molecule has 0 aliphatic rings. The minimum Gasteiger partial charge on any atom is -0.320 e. The average Bonchev–Trinajstić information content (AvgIpc) is 2.70. The Morgan fingerprint density at radius 3 is 2.80 bits per heavy atom. The molecule has 15 heavy (non-hydrogen) atoms. The first-order valence-electron chi connectivity index (χ1n) is 5.79. The number of thiophene rings is 1. The fourth-order valence-electron chi connectivity index (χ4n) is 1.59. The summed E-state index contributed by atoms with van der Waals surface area (Å²) in [4.78, 5) is 1.51. The third kappa shape index (κ3) is 4.78. The minimum absolute atomic E-state index is 1.04. The van der Waals surface area contributed by atoms with Gasteiger partial charge >= 0.3 is 0 Å². The van der Waals surface area contributed by atoms with Crippen LogP contribution in [-0.2, 0) is 13.0 Å². The highest BCUT2D eigenvalue weighted by Gasteiger charge is 2.00. The van der Waals surface area contributed by atoms with Crippen LogP contribution in [0.15, 0.2) is 11.4 Å². The number of hydrogen-bond donors (Lipinski definition) is 2. The predicted molar refractivity (Wildman–Crippen MR) is 68.6 cm³/mol. The van der Waals surface area contributed by atoms with Crippen molar-refractivity contribution in [2.45, 2.75) is 32.7 Å². The van der Waals surface area contributed by atoms with Crippen LogP contribution in [0, 0.1) is 0 Å². The van der Waals surface area contributed by atoms with Gasteiger partial charge in [0.25, 0.3) is 0 Å². The molecule has 0 aromatic carbocycles. The zero-order valence-electron chi connectivity index (χ0n) is 9.81. The quantitative estimate of drug-likeness (QED) is 0.665. The summed E-state index contributed by atoms with van der Waals surface area (Å²) < 4.78 is 0. The van der Waals surface area contributed by atoms with Gasteiger partial charge in [0.05, 0.1) is 0 Å². The molecule has 0 spiro atoms. The summed E-state index contributed by atoms with van der Waals surface area (Å²) in [6, 6.07) is 2.24. The smallest absolute Gasteiger partial charge is 0.0302 e. The molecule has 0 atom stereocenters. The van der Waals surface area contributed by atoms with E-state index in [1.165, 1.54) is 23.3 Å². The third-order valence-electron chi connectivity index (χ3n) is 2.53. The second-order valence-electron chi connectivity index (χ2n) is 3.71. The van der Waals surface area contributed by atoms with Gasteiger partial charge in [0.1, 0.15) is 0 Å². The van der Waals surface area contributed by atoms with Crippen molar-refractivity contribution in [1.29, 1.82) is 0 Å². The van der Waals surface area contributed by atoms with E-state index in [1.807, 2.05) is 18.4 Å². The Kier molecular flexibility index (Phi) is 6.64. The summed E-state index contributed by atoms with van der Waals surface area (Å²) in [5.74, 6) is 0. The van der Waals surface area contributed by atoms with Crippen LogP contribution in [0.2, 0.25) is 0 Å². The van der Waals surface area contributed by atoms with Gasteiger partial charge in [0.15, 0.2) is 0 Å². The monoisotopic (exact) mass is 226 g/mol. The van der Waals surface area contributed by atoms with Crippen molar-refractivity contribution in [3.05, 3.63) is 21.9 Å². The van der Waals surface area contributed by atoms with Crippen LogP contribution in [0.1, 0.15) is 30.2 Å². The first kappa shape index (κ1) is 12.7. The normalized spacial score (nSPS) is 10.8. The molecule has 0 amide bonds. The van der Waals surface area contributed by atoms with Crippen LogP contribution >= 0.6 is 11.3 Å². The van der Waals surface area contributed by atoms with Crippen molar-refractivity contribution in [2.24, 2.45) is 0 Å². The molecule has 0 saturated heterocycles. The summed E-state index contributed by atoms with van der Waals surface area (Å²) in [6.45, 7) is 5.52. The number of hydrogen-bond acceptors (Lipinski definition) is 3. The van der Waals surface area contributed by atoms with Crippen molar-refractivity contribution in [3.63, 3.8) is 0 Å². The Hall–Kier alpha value is -0.380. The molecule has 1 heterocycles. The van der Waals surface area contributed by atoms with Gasteiger partial charge in [-0.1, -0.05) is 6.92 Å². The molecular weight excluding hydrogens is 204 g/mol. The van der Waals surface area contributed by atoms with Gasteiger partial charge in [0.2, 0.25) is 0 Å². The first-order chi connectivity index (χ1) is 7.38. The van der Waals surface area contributed by atoms with E-state index in [0.717, 1.165) is 26.1 Å². The standard InChI is InChI=1S/C12H22N2S/c1-3-11-6-9-15-12(11)10-14-8-5-4-7-13-2/h6,9,13-14H,3-5,7-8,10H2,1-2H3. The topological polar surface area (TPSA) is 24.1 Å². The number of nitrogens with one attached hydrogen (secondary N) is 2. The largest absolute Gasteiger partial charge is 0.320 e. The Labute approximate surface area is 97.1 Å². The molecule has 0 aliphatic carbocycles. The lowest BCUT2D eigenvalue weighted by Crippen LogP contribution is -2.16. The third-order valence-corrected chi connectivity index (χ3v) is 3.50. The van der Waals surface area contributed by atoms with E-state index in [1.54, 1.807) is 0 Å². The zero-order valence-corrected chi connectivity index (χ0v) is 10.6. The van der Waals surface area contributed by atoms with Gasteiger partial charge in [-0.05, 0) is 56.4 Å². The SMILES string of the molecule is CCc1ccsc1CNCCCCNC. The molecule has 2 nitrogen and oxygen atoms in total. The van der Waals surface area contributed by atoms with E-state index in [4.69, 9.17) is 0 Å². The number of aryl methyl sites for hydroxylation is 1. The highest BCUT2D eigenvalue weighted by Crippen LogP contribution is 2.16. The lowest BCUT2D eigenvalue weighted by Gasteiger charge is -2.04. The maximum absolute atomic E-state index is 3.50. The highest BCUT2D eigenvalue weighted by atomic mass is 32.1. The van der Waals surface area contributed by atoms with Gasteiger partial charge in [-0.25, -0.2) is 0 Å². The van der Waals surface area contributed by atoms with Crippen LogP contribution < -0.4 is 10.6 Å². The van der Waals surface area contributed by atoms with Gasteiger partial charge in [-0.15, -0.1) is 11.3 Å². The second kappa shape index (κ2) is 7.85. The molecule has 0 aliphatic heterocycles. The lowest BCUT2D eigenvalue weighted by atomic mass is 10.2. The van der Waals surface area contributed by atoms with E-state index in [-0.39, 0.29) is 0 Å². The molecule has 0 radical (unpaired) electrons. The fraction of sp³-hybridized carbons (Fsp3) is 0.667. The van der Waals surface area contributed by atoms with Crippen molar-refractivity contribution in [1.82, 2.24) is 10.6 Å². The molecule has 0 fully saturated rings. The molecule has 2 N–H and O–H groups in total. The summed E-state index contributed by atoms with van der Waals surface area (Å²) in [7, 11) is 2.01. The van der Waals surface area contributed by atoms with Crippen molar-refractivity contribution < 1.29 is 0 Å². The van der Waals surface area contributed by atoms with Gasteiger partial charge in [-0.2, -0.15) is 0 Å². The Balaban J connectivity index is 2.09. The maximum atomic E-state index is 3.50. The molecule has 1 aromatic heterocycles. The summed E-state index contributed by atoms with van der Waals surface area (Å²) in [5.41, 5.74) is 1.50. The van der Waals surface area contributed by atoms with Gasteiger partial charge in [-0.3, -0.25) is 0 Å². The van der Waals surface area contributed by atoms with E-state index in [0.29, 0.717) is 0 Å². The average molecular weight is 226 g/mol. The van der Waals surface area contributed by atoms with Crippen LogP contribution in [0.3, 0.4) is 0 Å². The van der Waals surface area contributed by atoms with Gasteiger partial charge < -0.3 is 10.6 Å². The Morgan fingerprint density at radius 1 is 1.27 bits per heavy atom. The molecule has 0 bridgehead atoms. The first-order valence-corrected chi connectivity index (χ1v) is 6.67. The van der Waals surface area contributed by atoms with Crippen molar-refractivity contribution >= 4 is 11.3 Å². The van der Waals surface area contributed by atoms with Crippen LogP contribution in [-0.4, -0.2) is 20.1 Å². The number of unbranched alkanes of at least 4 members (excludes halogenated alkanes) is 1. The molecule has 1 aromatic rings. The zero-order chi connectivity index (χ0) is 10.9. The molecule has 0 unspecified atom stereocenters. The highest BCUT2D eigenvalue weighted by molar-refractivity contribution is 7.10. The van der Waals surface area contributed by atoms with Crippen LogP contribution in [0.5, 0.6) is 0 Å². The summed E-state index contributed by atoms with van der Waals surface area (Å²) in [5, 5.41) is 8.86. The van der Waals surface area contributed by atoms with E-state index < -0.39 is 0 Å². The molecule has 3 heteroatoms. The van der Waals surface area contributed by atoms with Crippen molar-refractivity contribution in [3.8, 4) is 0 Å². The predicted octanol–water partition coefficient (Wildman–Crippen LogP) is 2.40. The molecule has 86 valence electrons. The van der Waals surface area contributed by atoms with Crippen molar-refractivity contribution in [2.75, 3.05) is 20.1 Å². The fourth-order valence-corrected chi connectivity index (χ4v) is 2.54. The Morgan fingerprint density at radius 2 is 2.07 bits per heavy atom. The van der Waals surface area contributed by atoms with Crippen LogP contribution in [0.4, 0.5) is 0 Å².